The van der Waals surface area contributed by atoms with Crippen LogP contribution in [0.1, 0.15) is 31.0 Å². The van der Waals surface area contributed by atoms with Crippen molar-refractivity contribution in [3.63, 3.8) is 0 Å². The fraction of sp³-hybridized carbons (Fsp3) is 0.250. The van der Waals surface area contributed by atoms with Gasteiger partial charge in [0.25, 0.3) is 11.8 Å². The van der Waals surface area contributed by atoms with Crippen LogP contribution < -0.4 is 16.5 Å². The van der Waals surface area contributed by atoms with Crippen LogP contribution in [-0.4, -0.2) is 82.0 Å². The highest BCUT2D eigenvalue weighted by Gasteiger charge is 2.54. The van der Waals surface area contributed by atoms with E-state index in [0.717, 1.165) is 16.2 Å². The summed E-state index contributed by atoms with van der Waals surface area (Å²) in [7, 11) is 0. The number of hydrogen-bond acceptors (Lipinski definition) is 13. The molecule has 2 atom stereocenters. The van der Waals surface area contributed by atoms with Crippen molar-refractivity contribution in [3.05, 3.63) is 80.8 Å². The van der Waals surface area contributed by atoms with Crippen LogP contribution in [0.3, 0.4) is 0 Å². The second-order valence-corrected chi connectivity index (χ2v) is 12.4. The second kappa shape index (κ2) is 12.6. The number of carbonyl (C=O) groups is 4. The van der Waals surface area contributed by atoms with Gasteiger partial charge in [-0.25, -0.2) is 14.6 Å². The third-order valence-corrected chi connectivity index (χ3v) is 8.83. The first-order valence-corrected chi connectivity index (χ1v) is 15.3. The van der Waals surface area contributed by atoms with E-state index in [1.807, 2.05) is 0 Å². The summed E-state index contributed by atoms with van der Waals surface area (Å²) in [6.45, 7) is 2.62. The first-order valence-electron chi connectivity index (χ1n) is 13.3. The Morgan fingerprint density at radius 2 is 2.04 bits per heavy atom. The number of amides is 2. The maximum atomic E-state index is 13.3. The highest BCUT2D eigenvalue weighted by atomic mass is 32.2. The largest absolute Gasteiger partial charge is 0.503 e. The predicted octanol–water partition coefficient (Wildman–Crippen LogP) is 1.27. The van der Waals surface area contributed by atoms with Crippen LogP contribution in [0.25, 0.3) is 6.08 Å². The van der Waals surface area contributed by atoms with Crippen LogP contribution in [0.4, 0.5) is 5.13 Å². The Labute approximate surface area is 267 Å². The third-order valence-electron chi connectivity index (χ3n) is 6.85. The maximum Gasteiger partial charge on any atom is 0.352 e. The van der Waals surface area contributed by atoms with Crippen molar-refractivity contribution < 1.29 is 43.8 Å². The van der Waals surface area contributed by atoms with Gasteiger partial charge in [0, 0.05) is 22.9 Å². The number of aliphatic carboxylic acids is 2. The number of β-lactam (4-membered cyclic amide) rings is 1. The van der Waals surface area contributed by atoms with Crippen LogP contribution >= 0.6 is 23.1 Å². The zero-order valence-corrected chi connectivity index (χ0v) is 25.7. The Balaban J connectivity index is 1.38. The highest BCUT2D eigenvalue weighted by Crippen LogP contribution is 2.41. The fourth-order valence-electron chi connectivity index (χ4n) is 4.39. The van der Waals surface area contributed by atoms with E-state index in [1.165, 1.54) is 61.7 Å². The van der Waals surface area contributed by atoms with Crippen molar-refractivity contribution in [2.45, 2.75) is 37.4 Å². The number of carboxylic acids is 2. The molecule has 0 saturated carbocycles. The molecule has 0 radical (unpaired) electrons. The number of nitrogens with one attached hydrogen (secondary N) is 1. The van der Waals surface area contributed by atoms with Crippen molar-refractivity contribution in [1.82, 2.24) is 19.8 Å². The number of nitrogens with two attached hydrogens (primary N) is 1. The highest BCUT2D eigenvalue weighted by molar-refractivity contribution is 8.00. The summed E-state index contributed by atoms with van der Waals surface area (Å²) >= 11 is 2.19. The first-order chi connectivity index (χ1) is 21.8. The first kappa shape index (κ1) is 32.0. The normalized spacial score (nSPS) is 18.3. The Kier molecular flexibility index (Phi) is 8.75. The van der Waals surface area contributed by atoms with Gasteiger partial charge in [0.2, 0.25) is 11.0 Å². The molecule has 0 bridgehead atoms. The van der Waals surface area contributed by atoms with Crippen molar-refractivity contribution >= 4 is 63.8 Å². The quantitative estimate of drug-likeness (QED) is 0.110. The molecule has 18 heteroatoms. The summed E-state index contributed by atoms with van der Waals surface area (Å²) in [6, 6.07) is 3.43. The SMILES string of the molecule is CC(C)(O/N=C(\C(=O)N[C@@H]1C(=O)N2C(C(=O)O)=C(C=Cc3cc(=O)c(O)cn3Cc3ccco3)CS[C@H]12)c1csc(N)n1)C(=O)O. The lowest BCUT2D eigenvalue weighted by Crippen LogP contribution is -2.71. The summed E-state index contributed by atoms with van der Waals surface area (Å²) in [4.78, 5) is 72.7. The zero-order chi connectivity index (χ0) is 33.3. The van der Waals surface area contributed by atoms with Gasteiger partial charge in [0.15, 0.2) is 16.6 Å². The number of oxime groups is 1. The number of rotatable bonds is 11. The number of thiazole rings is 1. The van der Waals surface area contributed by atoms with Gasteiger partial charge in [0.05, 0.1) is 19.0 Å². The molecule has 240 valence electrons. The van der Waals surface area contributed by atoms with Crippen LogP contribution in [-0.2, 0) is 30.6 Å². The maximum absolute atomic E-state index is 13.3. The molecule has 3 aromatic rings. The Morgan fingerprint density at radius 1 is 1.28 bits per heavy atom. The van der Waals surface area contributed by atoms with Crippen LogP contribution in [0.2, 0.25) is 0 Å². The van der Waals surface area contributed by atoms with Crippen molar-refractivity contribution in [2.75, 3.05) is 11.5 Å². The number of nitrogens with zero attached hydrogens (tertiary/aromatic N) is 4. The second-order valence-electron chi connectivity index (χ2n) is 10.4. The van der Waals surface area contributed by atoms with E-state index in [9.17, 15) is 39.3 Å². The molecule has 46 heavy (non-hydrogen) atoms. The standard InChI is InChI=1S/C28H26N6O10S2/c1-28(2,26(41)42)44-32-19(16-12-46-27(29)30-16)22(37)31-20-23(38)34-21(25(39)40)13(11-45-24(20)34)5-6-14-8-17(35)18(36)10-33(14)9-15-4-3-7-43-15/h3-8,10,12,20,24,36H,9,11H2,1-2H3,(H2,29,30)(H,31,37)(H,39,40)(H,41,42)/b6-5?,32-19-/t20-,24-/m1/s1. The number of nitrogen functional groups attached to an aromatic ring is 1. The molecule has 1 fully saturated rings. The number of fused-ring (bicyclic) bond motifs is 1. The van der Waals surface area contributed by atoms with E-state index in [2.05, 4.69) is 15.5 Å². The Morgan fingerprint density at radius 3 is 2.67 bits per heavy atom. The van der Waals surface area contributed by atoms with Gasteiger partial charge in [0.1, 0.15) is 28.6 Å². The lowest BCUT2D eigenvalue weighted by atomic mass is 10.0. The molecule has 0 unspecified atom stereocenters. The zero-order valence-electron chi connectivity index (χ0n) is 24.1. The minimum absolute atomic E-state index is 0.0144. The minimum Gasteiger partial charge on any atom is -0.503 e. The number of allylic oxidation sites excluding steroid dienone is 1. The monoisotopic (exact) mass is 670 g/mol. The average molecular weight is 671 g/mol. The van der Waals surface area contributed by atoms with Crippen LogP contribution in [0.15, 0.2) is 67.8 Å². The molecule has 0 aromatic carbocycles. The van der Waals surface area contributed by atoms with Crippen molar-refractivity contribution in [2.24, 2.45) is 5.16 Å². The smallest absolute Gasteiger partial charge is 0.352 e. The molecule has 1 saturated heterocycles. The van der Waals surface area contributed by atoms with Gasteiger partial charge in [-0.05, 0) is 37.6 Å². The lowest BCUT2D eigenvalue weighted by Gasteiger charge is -2.49. The summed E-state index contributed by atoms with van der Waals surface area (Å²) in [5.74, 6) is -4.17. The van der Waals surface area contributed by atoms with Crippen LogP contribution in [0, 0.1) is 0 Å². The number of carbonyl (C=O) groups excluding carboxylic acids is 2. The fourth-order valence-corrected chi connectivity index (χ4v) is 6.26. The molecule has 16 nitrogen and oxygen atoms in total. The molecular weight excluding hydrogens is 644 g/mol. The van der Waals surface area contributed by atoms with E-state index < -0.39 is 57.7 Å². The third kappa shape index (κ3) is 6.38. The average Bonchev–Trinajstić information content (AvgIpc) is 3.68. The molecule has 5 rings (SSSR count). The molecule has 0 spiro atoms. The molecular formula is C28H26N6O10S2. The van der Waals surface area contributed by atoms with E-state index in [-0.39, 0.29) is 34.4 Å². The number of aromatic nitrogens is 2. The molecule has 0 aliphatic carbocycles. The minimum atomic E-state index is -1.80. The van der Waals surface area contributed by atoms with Gasteiger partial charge < -0.3 is 40.2 Å². The Bertz CT molecular complexity index is 1870. The van der Waals surface area contributed by atoms with E-state index in [4.69, 9.17) is 15.0 Å². The topological polar surface area (TPSA) is 240 Å². The van der Waals surface area contributed by atoms with Crippen molar-refractivity contribution in [3.8, 4) is 5.75 Å². The molecule has 2 aliphatic heterocycles. The number of thioether (sulfide) groups is 1. The number of aromatic hydroxyl groups is 1. The number of anilines is 1. The lowest BCUT2D eigenvalue weighted by molar-refractivity contribution is -0.161. The predicted molar refractivity (Wildman–Crippen MR) is 165 cm³/mol. The van der Waals surface area contributed by atoms with Gasteiger partial charge in [-0.3, -0.25) is 19.3 Å². The van der Waals surface area contributed by atoms with Gasteiger partial charge in [-0.2, -0.15) is 0 Å². The summed E-state index contributed by atoms with van der Waals surface area (Å²) in [5, 5.41) is 36.3. The Hall–Kier alpha value is -5.36. The van der Waals surface area contributed by atoms with Gasteiger partial charge in [-0.15, -0.1) is 23.1 Å². The summed E-state index contributed by atoms with van der Waals surface area (Å²) in [5.41, 5.74) is 3.11. The molecule has 2 aliphatic rings. The van der Waals surface area contributed by atoms with Crippen LogP contribution in [0.5, 0.6) is 5.75 Å². The molecule has 5 heterocycles. The number of pyridine rings is 1. The van der Waals surface area contributed by atoms with Crippen molar-refractivity contribution in [1.29, 1.82) is 0 Å². The van der Waals surface area contributed by atoms with E-state index in [1.54, 1.807) is 16.7 Å². The van der Waals surface area contributed by atoms with Gasteiger partial charge >= 0.3 is 11.9 Å². The molecule has 3 aromatic heterocycles. The number of hydrogen-bond donors (Lipinski definition) is 5. The van der Waals surface area contributed by atoms with E-state index in [0.29, 0.717) is 11.5 Å². The molecule has 2 amide bonds. The number of carboxylic acid groups (broad SMARTS) is 2. The summed E-state index contributed by atoms with van der Waals surface area (Å²) in [6.07, 6.45) is 5.67. The number of furan rings is 1. The molecule has 6 N–H and O–H groups in total. The van der Waals surface area contributed by atoms with E-state index >= 15 is 0 Å². The summed E-state index contributed by atoms with van der Waals surface area (Å²) < 4.78 is 6.90. The van der Waals surface area contributed by atoms with Gasteiger partial charge in [-0.1, -0.05) is 11.2 Å².